The van der Waals surface area contributed by atoms with Gasteiger partial charge in [0.05, 0.1) is 23.8 Å². The maximum atomic E-state index is 12.1. The molecule has 0 bridgehead atoms. The Labute approximate surface area is 140 Å². The maximum absolute atomic E-state index is 12.1. The first-order valence-electron chi connectivity index (χ1n) is 6.67. The Hall–Kier alpha value is -2.26. The molecule has 2 amide bonds. The minimum absolute atomic E-state index is 0.0374. The van der Waals surface area contributed by atoms with Gasteiger partial charge in [-0.2, -0.15) is 0 Å². The minimum atomic E-state index is -0.550. The lowest BCUT2D eigenvalue weighted by Gasteiger charge is -2.16. The predicted molar refractivity (Wildman–Crippen MR) is 85.8 cm³/mol. The van der Waals surface area contributed by atoms with Gasteiger partial charge in [-0.3, -0.25) is 24.6 Å². The maximum Gasteiger partial charge on any atom is 0.277 e. The van der Waals surface area contributed by atoms with Crippen molar-refractivity contribution >= 4 is 39.1 Å². The highest BCUT2D eigenvalue weighted by atomic mass is 79.9. The van der Waals surface area contributed by atoms with Crippen LogP contribution in [0.1, 0.15) is 11.1 Å². The van der Waals surface area contributed by atoms with Crippen molar-refractivity contribution in [2.24, 2.45) is 0 Å². The van der Waals surface area contributed by atoms with Crippen LogP contribution < -0.4 is 5.32 Å². The second-order valence-electron chi connectivity index (χ2n) is 4.96. The molecule has 0 saturated heterocycles. The predicted octanol–water partition coefficient (Wildman–Crippen LogP) is 1.63. The van der Waals surface area contributed by atoms with E-state index in [1.54, 1.807) is 13.8 Å². The summed E-state index contributed by atoms with van der Waals surface area (Å²) in [5, 5.41) is 22.8. The molecule has 0 aliphatic carbocycles. The van der Waals surface area contributed by atoms with Gasteiger partial charge in [0.2, 0.25) is 0 Å². The first kappa shape index (κ1) is 17.1. The van der Waals surface area contributed by atoms with Crippen LogP contribution in [0.5, 0.6) is 0 Å². The summed E-state index contributed by atoms with van der Waals surface area (Å²) in [5.41, 5.74) is 1.55. The normalized spacial score (nSPS) is 14.3. The Morgan fingerprint density at radius 2 is 2.00 bits per heavy atom. The third-order valence-corrected chi connectivity index (χ3v) is 4.24. The van der Waals surface area contributed by atoms with Crippen LogP contribution in [-0.4, -0.2) is 39.9 Å². The number of nitro groups is 1. The molecule has 2 N–H and O–H groups in total. The van der Waals surface area contributed by atoms with Crippen molar-refractivity contribution in [1.29, 1.82) is 0 Å². The van der Waals surface area contributed by atoms with E-state index in [-0.39, 0.29) is 24.5 Å². The van der Waals surface area contributed by atoms with Crippen molar-refractivity contribution in [1.82, 2.24) is 4.90 Å². The molecule has 0 unspecified atom stereocenters. The van der Waals surface area contributed by atoms with Gasteiger partial charge in [-0.1, -0.05) is 0 Å². The number of aliphatic hydroxyl groups excluding tert-OH is 1. The van der Waals surface area contributed by atoms with Gasteiger partial charge in [0.15, 0.2) is 0 Å². The van der Waals surface area contributed by atoms with Gasteiger partial charge in [0.1, 0.15) is 5.70 Å². The molecule has 1 aromatic carbocycles. The van der Waals surface area contributed by atoms with Crippen LogP contribution in [-0.2, 0) is 9.59 Å². The van der Waals surface area contributed by atoms with Gasteiger partial charge in [-0.25, -0.2) is 0 Å². The van der Waals surface area contributed by atoms with Gasteiger partial charge in [-0.05, 0) is 35.3 Å². The number of nitro benzene ring substituents is 1. The molecule has 0 fully saturated rings. The van der Waals surface area contributed by atoms with Crippen LogP contribution in [0, 0.1) is 24.0 Å². The van der Waals surface area contributed by atoms with Crippen LogP contribution in [0.2, 0.25) is 0 Å². The zero-order valence-corrected chi connectivity index (χ0v) is 14.0. The standard InChI is InChI=1S/C14H14BrN3O5/c1-7-8(2)13(9(15)5-11(7)18(22)23)16-10-6-12(20)17(3-4-19)14(10)21/h5-6,16,19H,3-4H2,1-2H3. The number of anilines is 1. The number of imide groups is 1. The smallest absolute Gasteiger partial charge is 0.277 e. The van der Waals surface area contributed by atoms with E-state index in [0.717, 1.165) is 11.0 Å². The molecule has 122 valence electrons. The number of rotatable bonds is 5. The highest BCUT2D eigenvalue weighted by molar-refractivity contribution is 9.10. The molecular formula is C14H14BrN3O5. The van der Waals surface area contributed by atoms with E-state index in [1.807, 2.05) is 0 Å². The number of β-amino-alcohol motifs (C(OH)–C–C–N with tert-alkyl or cyclic N) is 1. The molecule has 2 rings (SSSR count). The Bertz CT molecular complexity index is 744. The molecule has 8 nitrogen and oxygen atoms in total. The molecule has 1 aliphatic heterocycles. The van der Waals surface area contributed by atoms with Crippen molar-refractivity contribution in [3.8, 4) is 0 Å². The van der Waals surface area contributed by atoms with Crippen LogP contribution in [0.25, 0.3) is 0 Å². The monoisotopic (exact) mass is 383 g/mol. The summed E-state index contributed by atoms with van der Waals surface area (Å²) in [6, 6.07) is 1.35. The molecule has 1 aromatic rings. The van der Waals surface area contributed by atoms with Crippen molar-refractivity contribution in [3.05, 3.63) is 43.6 Å². The van der Waals surface area contributed by atoms with Crippen molar-refractivity contribution in [2.75, 3.05) is 18.5 Å². The largest absolute Gasteiger partial charge is 0.395 e. The van der Waals surface area contributed by atoms with E-state index >= 15 is 0 Å². The SMILES string of the molecule is Cc1c([N+](=O)[O-])cc(Br)c(NC2=CC(=O)N(CCO)C2=O)c1C. The molecule has 0 spiro atoms. The lowest BCUT2D eigenvalue weighted by atomic mass is 10.1. The van der Waals surface area contributed by atoms with Gasteiger partial charge in [0, 0.05) is 22.2 Å². The minimum Gasteiger partial charge on any atom is -0.395 e. The van der Waals surface area contributed by atoms with Gasteiger partial charge in [0.25, 0.3) is 17.5 Å². The number of hydrogen-bond donors (Lipinski definition) is 2. The second-order valence-corrected chi connectivity index (χ2v) is 5.82. The summed E-state index contributed by atoms with van der Waals surface area (Å²) in [6.07, 6.45) is 1.14. The molecular weight excluding hydrogens is 370 g/mol. The zero-order valence-electron chi connectivity index (χ0n) is 12.4. The summed E-state index contributed by atoms with van der Waals surface area (Å²) in [5.74, 6) is -1.06. The fourth-order valence-electron chi connectivity index (χ4n) is 2.25. The number of carbonyl (C=O) groups is 2. The molecule has 9 heteroatoms. The second kappa shape index (κ2) is 6.47. The van der Waals surface area contributed by atoms with E-state index in [1.165, 1.54) is 6.07 Å². The number of nitrogens with one attached hydrogen (secondary N) is 1. The highest BCUT2D eigenvalue weighted by Gasteiger charge is 2.31. The topological polar surface area (TPSA) is 113 Å². The van der Waals surface area contributed by atoms with Crippen molar-refractivity contribution < 1.29 is 19.6 Å². The van der Waals surface area contributed by atoms with Crippen LogP contribution in [0.15, 0.2) is 22.3 Å². The number of carbonyl (C=O) groups excluding carboxylic acids is 2. The summed E-state index contributed by atoms with van der Waals surface area (Å²) in [4.78, 5) is 35.3. The van der Waals surface area contributed by atoms with Gasteiger partial charge < -0.3 is 10.4 Å². The molecule has 0 atom stereocenters. The van der Waals surface area contributed by atoms with E-state index in [4.69, 9.17) is 5.11 Å². The number of halogens is 1. The molecule has 1 aliphatic rings. The summed E-state index contributed by atoms with van der Waals surface area (Å²) in [6.45, 7) is 2.89. The summed E-state index contributed by atoms with van der Waals surface area (Å²) < 4.78 is 0.411. The van der Waals surface area contributed by atoms with E-state index in [0.29, 0.717) is 21.3 Å². The van der Waals surface area contributed by atoms with Crippen LogP contribution in [0.4, 0.5) is 11.4 Å². The Morgan fingerprint density at radius 1 is 1.35 bits per heavy atom. The first-order chi connectivity index (χ1) is 10.8. The fraction of sp³-hybridized carbons (Fsp3) is 0.286. The number of benzene rings is 1. The van der Waals surface area contributed by atoms with E-state index < -0.39 is 16.7 Å². The Balaban J connectivity index is 2.37. The lowest BCUT2D eigenvalue weighted by molar-refractivity contribution is -0.385. The fourth-order valence-corrected chi connectivity index (χ4v) is 2.86. The average Bonchev–Trinajstić information content (AvgIpc) is 2.75. The van der Waals surface area contributed by atoms with E-state index in [2.05, 4.69) is 21.2 Å². The number of aliphatic hydroxyl groups is 1. The molecule has 0 saturated carbocycles. The van der Waals surface area contributed by atoms with Crippen molar-refractivity contribution in [3.63, 3.8) is 0 Å². The van der Waals surface area contributed by atoms with E-state index in [9.17, 15) is 19.7 Å². The molecule has 1 heterocycles. The summed E-state index contributed by atoms with van der Waals surface area (Å²) >= 11 is 3.24. The lowest BCUT2D eigenvalue weighted by Crippen LogP contribution is -2.34. The number of amides is 2. The molecule has 0 aromatic heterocycles. The zero-order chi connectivity index (χ0) is 17.3. The number of nitrogens with zero attached hydrogens (tertiary/aromatic N) is 2. The Kier molecular flexibility index (Phi) is 4.81. The first-order valence-corrected chi connectivity index (χ1v) is 7.46. The third kappa shape index (κ3) is 3.10. The average molecular weight is 384 g/mol. The van der Waals surface area contributed by atoms with Gasteiger partial charge in [-0.15, -0.1) is 0 Å². The third-order valence-electron chi connectivity index (χ3n) is 3.61. The number of hydrogen-bond acceptors (Lipinski definition) is 6. The Morgan fingerprint density at radius 3 is 2.57 bits per heavy atom. The highest BCUT2D eigenvalue weighted by Crippen LogP contribution is 2.36. The summed E-state index contributed by atoms with van der Waals surface area (Å²) in [7, 11) is 0. The van der Waals surface area contributed by atoms with Crippen molar-refractivity contribution in [2.45, 2.75) is 13.8 Å². The van der Waals surface area contributed by atoms with Gasteiger partial charge >= 0.3 is 0 Å². The quantitative estimate of drug-likeness (QED) is 0.453. The van der Waals surface area contributed by atoms with Crippen LogP contribution >= 0.6 is 15.9 Å². The molecule has 23 heavy (non-hydrogen) atoms. The molecule has 0 radical (unpaired) electrons. The van der Waals surface area contributed by atoms with Crippen LogP contribution in [0.3, 0.4) is 0 Å².